The van der Waals surface area contributed by atoms with E-state index in [0.29, 0.717) is 6.54 Å². The standard InChI is InChI=1S/C16H20N2O2/c1-16(2,3)20-15(19)18-11-5-7-14(18)9-8-13-6-4-10-17-12-13/h4,6,10,12,14H,5,7,11H2,1-3H3/t14-/m0/s1. The lowest BCUT2D eigenvalue weighted by Gasteiger charge is -2.26. The molecule has 2 rings (SSSR count). The van der Waals surface area contributed by atoms with Crippen LogP contribution < -0.4 is 0 Å². The van der Waals surface area contributed by atoms with Gasteiger partial charge in [0.2, 0.25) is 0 Å². The normalized spacial score (nSPS) is 18.4. The molecule has 1 saturated heterocycles. The van der Waals surface area contributed by atoms with Crippen LogP contribution in [0.3, 0.4) is 0 Å². The second-order valence-corrected chi connectivity index (χ2v) is 5.84. The van der Waals surface area contributed by atoms with E-state index in [9.17, 15) is 4.79 Å². The van der Waals surface area contributed by atoms with E-state index in [4.69, 9.17) is 4.74 Å². The first-order valence-electron chi connectivity index (χ1n) is 6.87. The number of aromatic nitrogens is 1. The van der Waals surface area contributed by atoms with E-state index in [1.54, 1.807) is 17.3 Å². The zero-order valence-electron chi connectivity index (χ0n) is 12.2. The summed E-state index contributed by atoms with van der Waals surface area (Å²) in [7, 11) is 0. The lowest BCUT2D eigenvalue weighted by molar-refractivity contribution is 0.0261. The molecule has 20 heavy (non-hydrogen) atoms. The molecule has 1 amide bonds. The maximum absolute atomic E-state index is 12.1. The molecule has 0 spiro atoms. The molecule has 0 radical (unpaired) electrons. The number of rotatable bonds is 0. The van der Waals surface area contributed by atoms with Crippen LogP contribution in [0.1, 0.15) is 39.2 Å². The highest BCUT2D eigenvalue weighted by Crippen LogP contribution is 2.20. The first-order chi connectivity index (χ1) is 9.46. The van der Waals surface area contributed by atoms with E-state index in [1.807, 2.05) is 32.9 Å². The summed E-state index contributed by atoms with van der Waals surface area (Å²) < 4.78 is 5.41. The second kappa shape index (κ2) is 5.96. The van der Waals surface area contributed by atoms with Gasteiger partial charge in [0.05, 0.1) is 6.04 Å². The van der Waals surface area contributed by atoms with Crippen molar-refractivity contribution in [3.8, 4) is 11.8 Å². The molecule has 106 valence electrons. The van der Waals surface area contributed by atoms with Crippen molar-refractivity contribution in [2.75, 3.05) is 6.54 Å². The molecular formula is C16H20N2O2. The smallest absolute Gasteiger partial charge is 0.411 e. The molecule has 1 aromatic rings. The van der Waals surface area contributed by atoms with E-state index >= 15 is 0 Å². The summed E-state index contributed by atoms with van der Waals surface area (Å²) in [6.45, 7) is 6.33. The molecule has 0 aromatic carbocycles. The molecule has 1 aliphatic rings. The van der Waals surface area contributed by atoms with Gasteiger partial charge in [0, 0.05) is 24.5 Å². The predicted molar refractivity (Wildman–Crippen MR) is 77.1 cm³/mol. The molecule has 4 nitrogen and oxygen atoms in total. The number of likely N-dealkylation sites (tertiary alicyclic amines) is 1. The van der Waals surface area contributed by atoms with Crippen LogP contribution in [0.25, 0.3) is 0 Å². The molecule has 0 aliphatic carbocycles. The van der Waals surface area contributed by atoms with E-state index in [1.165, 1.54) is 0 Å². The fourth-order valence-corrected chi connectivity index (χ4v) is 2.06. The third-order valence-electron chi connectivity index (χ3n) is 2.93. The minimum Gasteiger partial charge on any atom is -0.444 e. The Hall–Kier alpha value is -2.02. The van der Waals surface area contributed by atoms with Gasteiger partial charge in [-0.05, 0) is 45.7 Å². The topological polar surface area (TPSA) is 42.4 Å². The van der Waals surface area contributed by atoms with E-state index in [-0.39, 0.29) is 12.1 Å². The Morgan fingerprint density at radius 2 is 2.30 bits per heavy atom. The van der Waals surface area contributed by atoms with Crippen LogP contribution in [-0.2, 0) is 4.74 Å². The van der Waals surface area contributed by atoms with E-state index in [0.717, 1.165) is 18.4 Å². The van der Waals surface area contributed by atoms with E-state index < -0.39 is 5.60 Å². The van der Waals surface area contributed by atoms with Crippen LogP contribution >= 0.6 is 0 Å². The molecular weight excluding hydrogens is 252 g/mol. The first kappa shape index (κ1) is 14.4. The van der Waals surface area contributed by atoms with Crippen molar-refractivity contribution in [2.45, 2.75) is 45.3 Å². The summed E-state index contributed by atoms with van der Waals surface area (Å²) in [5, 5.41) is 0. The highest BCUT2D eigenvalue weighted by atomic mass is 16.6. The fourth-order valence-electron chi connectivity index (χ4n) is 2.06. The van der Waals surface area contributed by atoms with Gasteiger partial charge < -0.3 is 4.74 Å². The largest absolute Gasteiger partial charge is 0.444 e. The lowest BCUT2D eigenvalue weighted by atomic mass is 10.2. The van der Waals surface area contributed by atoms with Crippen molar-refractivity contribution in [3.05, 3.63) is 30.1 Å². The Bertz CT molecular complexity index is 523. The van der Waals surface area contributed by atoms with Crippen LogP contribution in [0, 0.1) is 11.8 Å². The number of hydrogen-bond acceptors (Lipinski definition) is 3. The maximum Gasteiger partial charge on any atom is 0.411 e. The molecule has 1 aromatic heterocycles. The Labute approximate surface area is 120 Å². The molecule has 0 saturated carbocycles. The summed E-state index contributed by atoms with van der Waals surface area (Å²) in [6.07, 6.45) is 5.02. The Kier molecular flexibility index (Phi) is 4.29. The van der Waals surface area contributed by atoms with Crippen LogP contribution in [-0.4, -0.2) is 34.2 Å². The van der Waals surface area contributed by atoms with Gasteiger partial charge in [0.15, 0.2) is 0 Å². The van der Waals surface area contributed by atoms with Gasteiger partial charge >= 0.3 is 6.09 Å². The van der Waals surface area contributed by atoms with Crippen molar-refractivity contribution < 1.29 is 9.53 Å². The van der Waals surface area contributed by atoms with Gasteiger partial charge in [-0.25, -0.2) is 4.79 Å². The summed E-state index contributed by atoms with van der Waals surface area (Å²) in [4.78, 5) is 17.8. The average Bonchev–Trinajstić information content (AvgIpc) is 2.84. The molecule has 2 heterocycles. The van der Waals surface area contributed by atoms with Crippen LogP contribution in [0.15, 0.2) is 24.5 Å². The highest BCUT2D eigenvalue weighted by Gasteiger charge is 2.30. The van der Waals surface area contributed by atoms with Crippen molar-refractivity contribution in [3.63, 3.8) is 0 Å². The molecule has 1 aliphatic heterocycles. The number of nitrogens with zero attached hydrogens (tertiary/aromatic N) is 2. The van der Waals surface area contributed by atoms with E-state index in [2.05, 4.69) is 16.8 Å². The SMILES string of the molecule is CC(C)(C)OC(=O)N1CCC[C@H]1C#Cc1cccnc1. The molecule has 1 atom stereocenters. The minimum atomic E-state index is -0.471. The third-order valence-corrected chi connectivity index (χ3v) is 2.93. The second-order valence-electron chi connectivity index (χ2n) is 5.84. The molecule has 4 heteroatoms. The van der Waals surface area contributed by atoms with Crippen LogP contribution in [0.2, 0.25) is 0 Å². The lowest BCUT2D eigenvalue weighted by Crippen LogP contribution is -2.39. The average molecular weight is 272 g/mol. The Balaban J connectivity index is 2.05. The summed E-state index contributed by atoms with van der Waals surface area (Å²) >= 11 is 0. The number of carbonyl (C=O) groups is 1. The van der Waals surface area contributed by atoms with Gasteiger partial charge in [-0.15, -0.1) is 0 Å². The van der Waals surface area contributed by atoms with Gasteiger partial charge in [-0.2, -0.15) is 0 Å². The molecule has 1 fully saturated rings. The fraction of sp³-hybridized carbons (Fsp3) is 0.500. The van der Waals surface area contributed by atoms with Crippen LogP contribution in [0.5, 0.6) is 0 Å². The number of ether oxygens (including phenoxy) is 1. The van der Waals surface area contributed by atoms with Gasteiger partial charge in [0.25, 0.3) is 0 Å². The number of pyridine rings is 1. The maximum atomic E-state index is 12.1. The summed E-state index contributed by atoms with van der Waals surface area (Å²) in [5.41, 5.74) is 0.393. The molecule has 0 N–H and O–H groups in total. The Morgan fingerprint density at radius 1 is 1.50 bits per heavy atom. The quantitative estimate of drug-likeness (QED) is 0.682. The third kappa shape index (κ3) is 3.99. The number of carbonyl (C=O) groups excluding carboxylic acids is 1. The Morgan fingerprint density at radius 3 is 2.95 bits per heavy atom. The summed E-state index contributed by atoms with van der Waals surface area (Å²) in [6, 6.07) is 3.70. The van der Waals surface area contributed by atoms with Gasteiger partial charge in [-0.3, -0.25) is 9.88 Å². The van der Waals surface area contributed by atoms with Crippen molar-refractivity contribution >= 4 is 6.09 Å². The van der Waals surface area contributed by atoms with Gasteiger partial charge in [-0.1, -0.05) is 11.8 Å². The zero-order chi connectivity index (χ0) is 14.6. The monoisotopic (exact) mass is 272 g/mol. The number of amides is 1. The van der Waals surface area contributed by atoms with Gasteiger partial charge in [0.1, 0.15) is 5.60 Å². The first-order valence-corrected chi connectivity index (χ1v) is 6.87. The van der Waals surface area contributed by atoms with Crippen molar-refractivity contribution in [2.24, 2.45) is 0 Å². The predicted octanol–water partition coefficient (Wildman–Crippen LogP) is 2.83. The molecule has 0 unspecified atom stereocenters. The number of hydrogen-bond donors (Lipinski definition) is 0. The van der Waals surface area contributed by atoms with Crippen molar-refractivity contribution in [1.29, 1.82) is 0 Å². The van der Waals surface area contributed by atoms with Crippen molar-refractivity contribution in [1.82, 2.24) is 9.88 Å². The highest BCUT2D eigenvalue weighted by molar-refractivity contribution is 5.69. The summed E-state index contributed by atoms with van der Waals surface area (Å²) in [5.74, 6) is 6.22. The van der Waals surface area contributed by atoms with Crippen LogP contribution in [0.4, 0.5) is 4.79 Å². The zero-order valence-corrected chi connectivity index (χ0v) is 12.2. The minimum absolute atomic E-state index is 0.0648. The molecule has 0 bridgehead atoms.